The van der Waals surface area contributed by atoms with Crippen LogP contribution in [-0.4, -0.2) is 65.9 Å². The molecule has 2 aliphatic rings. The molecule has 6 nitrogen and oxygen atoms in total. The van der Waals surface area contributed by atoms with Gasteiger partial charge in [-0.05, 0) is 27.1 Å². The number of nitrogens with zero attached hydrogens (tertiary/aromatic N) is 4. The maximum Gasteiger partial charge on any atom is 0.265 e. The van der Waals surface area contributed by atoms with Gasteiger partial charge in [-0.25, -0.2) is 4.39 Å². The minimum atomic E-state index is -0.766. The molecule has 112 valence electrons. The Kier molecular flexibility index (Phi) is 4.49. The summed E-state index contributed by atoms with van der Waals surface area (Å²) < 4.78 is 13.2. The van der Waals surface area contributed by atoms with Crippen LogP contribution in [-0.2, 0) is 0 Å². The van der Waals surface area contributed by atoms with Crippen molar-refractivity contribution in [3.8, 4) is 0 Å². The highest BCUT2D eigenvalue weighted by atomic mass is 19.1. The van der Waals surface area contributed by atoms with Crippen LogP contribution in [0.15, 0.2) is 16.9 Å². The lowest BCUT2D eigenvalue weighted by Gasteiger charge is -2.34. The van der Waals surface area contributed by atoms with Crippen molar-refractivity contribution in [2.75, 3.05) is 27.2 Å². The van der Waals surface area contributed by atoms with E-state index in [0.717, 1.165) is 6.54 Å². The first-order valence-corrected chi connectivity index (χ1v) is 6.85. The predicted molar refractivity (Wildman–Crippen MR) is 75.2 cm³/mol. The predicted octanol–water partition coefficient (Wildman–Crippen LogP) is 1.31. The first kappa shape index (κ1) is 15.1. The van der Waals surface area contributed by atoms with Gasteiger partial charge in [-0.15, -0.1) is 0 Å². The zero-order chi connectivity index (χ0) is 14.9. The van der Waals surface area contributed by atoms with Crippen molar-refractivity contribution < 1.29 is 9.31 Å². The van der Waals surface area contributed by atoms with Gasteiger partial charge in [-0.1, -0.05) is 0 Å². The summed E-state index contributed by atoms with van der Waals surface area (Å²) in [5.74, 6) is -0.161. The van der Waals surface area contributed by atoms with Crippen LogP contribution in [0, 0.1) is 10.1 Å². The molecule has 0 amide bonds. The molecule has 3 unspecified atom stereocenters. The smallest absolute Gasteiger partial charge is 0.265 e. The molecule has 0 bridgehead atoms. The second kappa shape index (κ2) is 5.97. The molecule has 0 spiro atoms. The fourth-order valence-corrected chi connectivity index (χ4v) is 2.76. The largest absolute Gasteiger partial charge is 0.297 e. The van der Waals surface area contributed by atoms with E-state index in [2.05, 4.69) is 4.99 Å². The summed E-state index contributed by atoms with van der Waals surface area (Å²) in [5, 5.41) is 11.3. The van der Waals surface area contributed by atoms with Crippen LogP contribution >= 0.6 is 0 Å². The number of piperidine rings is 1. The summed E-state index contributed by atoms with van der Waals surface area (Å²) in [6.45, 7) is 2.84. The number of aliphatic imine (C=N–C) groups is 1. The van der Waals surface area contributed by atoms with Gasteiger partial charge in [-0.2, -0.15) is 0 Å². The van der Waals surface area contributed by atoms with E-state index in [1.54, 1.807) is 11.9 Å². The first-order chi connectivity index (χ1) is 9.40. The maximum atomic E-state index is 13.2. The Morgan fingerprint density at radius 2 is 2.15 bits per heavy atom. The molecule has 7 heteroatoms. The molecule has 2 aliphatic heterocycles. The average Bonchev–Trinajstić information content (AvgIpc) is 2.36. The highest BCUT2D eigenvalue weighted by molar-refractivity contribution is 5.90. The van der Waals surface area contributed by atoms with Gasteiger partial charge in [0.15, 0.2) is 0 Å². The van der Waals surface area contributed by atoms with Crippen molar-refractivity contribution in [2.45, 2.75) is 38.0 Å². The third kappa shape index (κ3) is 3.04. The van der Waals surface area contributed by atoms with Crippen LogP contribution in [0.5, 0.6) is 0 Å². The molecule has 2 heterocycles. The zero-order valence-electron chi connectivity index (χ0n) is 12.1. The van der Waals surface area contributed by atoms with Crippen LogP contribution in [0.4, 0.5) is 4.39 Å². The van der Waals surface area contributed by atoms with Crippen molar-refractivity contribution in [1.29, 1.82) is 0 Å². The lowest BCUT2D eigenvalue weighted by Crippen LogP contribution is -2.53. The van der Waals surface area contributed by atoms with E-state index in [4.69, 9.17) is 0 Å². The molecular formula is C13H21FN4O2. The quantitative estimate of drug-likeness (QED) is 0.566. The molecule has 1 fully saturated rings. The van der Waals surface area contributed by atoms with E-state index in [0.29, 0.717) is 18.6 Å². The summed E-state index contributed by atoms with van der Waals surface area (Å²) in [5.41, 5.74) is 0.633. The van der Waals surface area contributed by atoms with Crippen molar-refractivity contribution in [1.82, 2.24) is 9.80 Å². The Hall–Kier alpha value is -1.34. The number of likely N-dealkylation sites (N-methyl/N-ethyl adjacent to an activating group) is 2. The summed E-state index contributed by atoms with van der Waals surface area (Å²) >= 11 is 0. The highest BCUT2D eigenvalue weighted by Gasteiger charge is 2.40. The maximum absolute atomic E-state index is 13.2. The first-order valence-electron chi connectivity index (χ1n) is 6.85. The Bertz CT molecular complexity index is 452. The van der Waals surface area contributed by atoms with Crippen LogP contribution in [0.25, 0.3) is 0 Å². The van der Waals surface area contributed by atoms with Gasteiger partial charge in [0.2, 0.25) is 0 Å². The topological polar surface area (TPSA) is 62.0 Å². The molecule has 0 aromatic carbocycles. The average molecular weight is 284 g/mol. The third-order valence-electron chi connectivity index (χ3n) is 4.22. The molecule has 0 aromatic rings. The van der Waals surface area contributed by atoms with Crippen LogP contribution in [0.3, 0.4) is 0 Å². The minimum Gasteiger partial charge on any atom is -0.297 e. The molecule has 0 aliphatic carbocycles. The summed E-state index contributed by atoms with van der Waals surface area (Å²) in [6.07, 6.45) is 2.40. The fraction of sp³-hybridized carbons (Fsp3) is 0.769. The molecule has 3 atom stereocenters. The van der Waals surface area contributed by atoms with Gasteiger partial charge < -0.3 is 0 Å². The Morgan fingerprint density at radius 1 is 1.45 bits per heavy atom. The monoisotopic (exact) mass is 284 g/mol. The van der Waals surface area contributed by atoms with Crippen molar-refractivity contribution in [3.05, 3.63) is 22.0 Å². The highest BCUT2D eigenvalue weighted by Crippen LogP contribution is 2.21. The van der Waals surface area contributed by atoms with E-state index in [1.807, 2.05) is 18.9 Å². The summed E-state index contributed by atoms with van der Waals surface area (Å²) in [4.78, 5) is 19.4. The second-order valence-electron chi connectivity index (χ2n) is 5.60. The Morgan fingerprint density at radius 3 is 2.75 bits per heavy atom. The third-order valence-corrected chi connectivity index (χ3v) is 4.22. The minimum absolute atomic E-state index is 0.161. The van der Waals surface area contributed by atoms with Crippen molar-refractivity contribution in [3.63, 3.8) is 0 Å². The van der Waals surface area contributed by atoms with Gasteiger partial charge in [0, 0.05) is 24.3 Å². The SMILES string of the molecule is CC1C([N+](=O)[O-])C(=NC2CC=C(F)CN2C)CCN1C. The van der Waals surface area contributed by atoms with Crippen LogP contribution in [0.1, 0.15) is 19.8 Å². The van der Waals surface area contributed by atoms with E-state index in [1.165, 1.54) is 6.08 Å². The van der Waals surface area contributed by atoms with Crippen LogP contribution in [0.2, 0.25) is 0 Å². The lowest BCUT2D eigenvalue weighted by molar-refractivity contribution is -0.511. The number of nitro groups is 1. The molecular weight excluding hydrogens is 263 g/mol. The number of hydrogen-bond donors (Lipinski definition) is 0. The van der Waals surface area contributed by atoms with Gasteiger partial charge >= 0.3 is 0 Å². The molecule has 0 saturated carbocycles. The van der Waals surface area contributed by atoms with Crippen molar-refractivity contribution in [2.24, 2.45) is 4.99 Å². The second-order valence-corrected chi connectivity index (χ2v) is 5.60. The molecule has 20 heavy (non-hydrogen) atoms. The zero-order valence-corrected chi connectivity index (χ0v) is 12.1. The van der Waals surface area contributed by atoms with Crippen molar-refractivity contribution >= 4 is 5.71 Å². The molecule has 0 aromatic heterocycles. The van der Waals surface area contributed by atoms with E-state index in [-0.39, 0.29) is 29.5 Å². The van der Waals surface area contributed by atoms with E-state index >= 15 is 0 Å². The summed E-state index contributed by atoms with van der Waals surface area (Å²) in [6, 6.07) is -0.934. The summed E-state index contributed by atoms with van der Waals surface area (Å²) in [7, 11) is 3.68. The number of halogens is 1. The number of hydrogen-bond acceptors (Lipinski definition) is 5. The van der Waals surface area contributed by atoms with Gasteiger partial charge in [-0.3, -0.25) is 24.9 Å². The molecule has 0 N–H and O–H groups in total. The Balaban J connectivity index is 2.21. The molecule has 2 rings (SSSR count). The van der Waals surface area contributed by atoms with E-state index in [9.17, 15) is 14.5 Å². The fourth-order valence-electron chi connectivity index (χ4n) is 2.76. The van der Waals surface area contributed by atoms with Gasteiger partial charge in [0.05, 0.1) is 18.3 Å². The standard InChI is InChI=1S/C13H21FN4O2/c1-9-13(18(19)20)11(6-7-16(9)2)15-12-5-4-10(14)8-17(12)3/h4,9,12-13H,5-8H2,1-3H3. The Labute approximate surface area is 118 Å². The van der Waals surface area contributed by atoms with Gasteiger partial charge in [0.25, 0.3) is 6.04 Å². The molecule has 0 radical (unpaired) electrons. The molecule has 1 saturated heterocycles. The number of likely N-dealkylation sites (tertiary alicyclic amines) is 1. The van der Waals surface area contributed by atoms with Crippen LogP contribution < -0.4 is 0 Å². The normalized spacial score (nSPS) is 35.1. The lowest BCUT2D eigenvalue weighted by atomic mass is 9.96. The number of rotatable bonds is 2. The van der Waals surface area contributed by atoms with E-state index < -0.39 is 6.04 Å². The van der Waals surface area contributed by atoms with Gasteiger partial charge in [0.1, 0.15) is 12.0 Å².